The predicted octanol–water partition coefficient (Wildman–Crippen LogP) is -2.50. The van der Waals surface area contributed by atoms with Gasteiger partial charge in [-0.3, -0.25) is 8.37 Å². The van der Waals surface area contributed by atoms with Crippen LogP contribution in [0.1, 0.15) is 27.2 Å². The SMILES string of the molecule is CC[C@@H]1OC(COS(=O)(=O)[O-])[C@H](COC[C@@H]2OC(C(=O)[O-])[C@H](COC)[C@H](C)C2OS(=O)(=O)[O-])[C@H](C)C1N. The van der Waals surface area contributed by atoms with Gasteiger partial charge in [0.05, 0.1) is 44.6 Å². The topological polar surface area (TPSA) is 236 Å². The summed E-state index contributed by atoms with van der Waals surface area (Å²) in [5, 5.41) is 11.7. The van der Waals surface area contributed by atoms with Gasteiger partial charge < -0.3 is 43.7 Å². The van der Waals surface area contributed by atoms with E-state index in [-0.39, 0.29) is 19.1 Å². The average Bonchev–Trinajstić information content (AvgIpc) is 2.78. The van der Waals surface area contributed by atoms with Gasteiger partial charge in [0.2, 0.25) is 20.8 Å². The van der Waals surface area contributed by atoms with E-state index in [1.165, 1.54) is 14.0 Å². The van der Waals surface area contributed by atoms with Crippen LogP contribution in [0.4, 0.5) is 0 Å². The van der Waals surface area contributed by atoms with Crippen molar-refractivity contribution >= 4 is 26.8 Å². The molecule has 0 aromatic carbocycles. The van der Waals surface area contributed by atoms with Gasteiger partial charge >= 0.3 is 0 Å². The lowest BCUT2D eigenvalue weighted by Crippen LogP contribution is -2.59. The Hall–Kier alpha value is -0.990. The predicted molar refractivity (Wildman–Crippen MR) is 119 cm³/mol. The molecule has 0 aliphatic carbocycles. The Kier molecular flexibility index (Phi) is 11.7. The Morgan fingerprint density at radius 1 is 0.892 bits per heavy atom. The third kappa shape index (κ3) is 9.03. The Balaban J connectivity index is 2.20. The summed E-state index contributed by atoms with van der Waals surface area (Å²) in [6.07, 6.45) is -5.00. The molecule has 15 nitrogen and oxygen atoms in total. The first kappa shape index (κ1) is 32.2. The van der Waals surface area contributed by atoms with Crippen LogP contribution >= 0.6 is 0 Å². The monoisotopic (exact) mass is 576 g/mol. The van der Waals surface area contributed by atoms with E-state index < -0.39 is 94.3 Å². The zero-order valence-electron chi connectivity index (χ0n) is 20.9. The van der Waals surface area contributed by atoms with E-state index in [1.54, 1.807) is 6.92 Å². The zero-order valence-corrected chi connectivity index (χ0v) is 22.6. The summed E-state index contributed by atoms with van der Waals surface area (Å²) in [5.74, 6) is -4.13. The molecule has 17 heteroatoms. The minimum Gasteiger partial charge on any atom is -0.726 e. The number of rotatable bonds is 13. The van der Waals surface area contributed by atoms with Gasteiger partial charge in [0.25, 0.3) is 0 Å². The fraction of sp³-hybridized carbons (Fsp3) is 0.950. The van der Waals surface area contributed by atoms with Crippen molar-refractivity contribution in [2.24, 2.45) is 29.4 Å². The molecule has 0 saturated carbocycles. The van der Waals surface area contributed by atoms with Gasteiger partial charge in [0.1, 0.15) is 18.3 Å². The first-order valence-corrected chi connectivity index (χ1v) is 14.3. The lowest BCUT2D eigenvalue weighted by atomic mass is 9.79. The standard InChI is InChI=1S/C20H37NO14S2/c1-5-14-17(21)10(2)12(15(33-14)9-32-36(24,25)26)7-31-8-16-18(35-37(27,28)29)11(3)13(6-30-4)19(34-16)20(22)23/h10-19H,5-9,21H2,1-4H3,(H,22,23)(H,24,25,26)(H,27,28,29)/p-3/t10-,11-,12+,13+,14-,15?,16-,17?,18?,19?/m0/s1. The van der Waals surface area contributed by atoms with Gasteiger partial charge in [-0.15, -0.1) is 0 Å². The van der Waals surface area contributed by atoms with Crippen molar-refractivity contribution in [3.8, 4) is 0 Å². The number of carboxylic acid groups (broad SMARTS) is 1. The third-order valence-corrected chi connectivity index (χ3v) is 7.88. The van der Waals surface area contributed by atoms with E-state index >= 15 is 0 Å². The van der Waals surface area contributed by atoms with Crippen molar-refractivity contribution in [1.82, 2.24) is 0 Å². The van der Waals surface area contributed by atoms with Crippen LogP contribution < -0.4 is 10.8 Å². The third-order valence-electron chi connectivity index (χ3n) is 7.00. The van der Waals surface area contributed by atoms with E-state index in [9.17, 15) is 35.8 Å². The normalized spacial score (nSPS) is 37.4. The molecule has 2 rings (SSSR count). The molecule has 2 N–H and O–H groups in total. The molecule has 0 radical (unpaired) electrons. The molecule has 2 aliphatic heterocycles. The Morgan fingerprint density at radius 2 is 1.54 bits per heavy atom. The highest BCUT2D eigenvalue weighted by Gasteiger charge is 2.47. The van der Waals surface area contributed by atoms with Crippen LogP contribution in [0.3, 0.4) is 0 Å². The van der Waals surface area contributed by atoms with E-state index in [0.29, 0.717) is 6.42 Å². The number of methoxy groups -OCH3 is 1. The summed E-state index contributed by atoms with van der Waals surface area (Å²) in [6, 6.07) is -0.455. The highest BCUT2D eigenvalue weighted by Crippen LogP contribution is 2.35. The van der Waals surface area contributed by atoms with Gasteiger partial charge in [0.15, 0.2) is 0 Å². The second-order valence-electron chi connectivity index (χ2n) is 9.31. The average molecular weight is 577 g/mol. The summed E-state index contributed by atoms with van der Waals surface area (Å²) in [7, 11) is -8.87. The maximum atomic E-state index is 11.7. The van der Waals surface area contributed by atoms with Crippen LogP contribution in [0.5, 0.6) is 0 Å². The maximum Gasteiger partial charge on any atom is 0.218 e. The lowest BCUT2D eigenvalue weighted by molar-refractivity contribution is -0.329. The summed E-state index contributed by atoms with van der Waals surface area (Å²) < 4.78 is 98.3. The largest absolute Gasteiger partial charge is 0.726 e. The van der Waals surface area contributed by atoms with Gasteiger partial charge in [-0.1, -0.05) is 20.8 Å². The summed E-state index contributed by atoms with van der Waals surface area (Å²) in [5.41, 5.74) is 6.26. The number of carboxylic acids is 1. The summed E-state index contributed by atoms with van der Waals surface area (Å²) in [4.78, 5) is 11.7. The second kappa shape index (κ2) is 13.4. The van der Waals surface area contributed by atoms with Crippen LogP contribution in [0.25, 0.3) is 0 Å². The van der Waals surface area contributed by atoms with E-state index in [4.69, 9.17) is 28.9 Å². The molecule has 2 heterocycles. The molecule has 4 unspecified atom stereocenters. The Labute approximate surface area is 216 Å². The van der Waals surface area contributed by atoms with Crippen LogP contribution in [0.2, 0.25) is 0 Å². The minimum atomic E-state index is -5.20. The molecule has 2 aliphatic rings. The number of hydrogen-bond donors (Lipinski definition) is 1. The quantitative estimate of drug-likeness (QED) is 0.176. The van der Waals surface area contributed by atoms with Crippen LogP contribution in [-0.4, -0.2) is 102 Å². The fourth-order valence-corrected chi connectivity index (χ4v) is 5.82. The first-order chi connectivity index (χ1) is 17.1. The van der Waals surface area contributed by atoms with Crippen molar-refractivity contribution in [1.29, 1.82) is 0 Å². The van der Waals surface area contributed by atoms with Crippen molar-refractivity contribution in [3.63, 3.8) is 0 Å². The molecular formula is C20H34NO14S2-3. The van der Waals surface area contributed by atoms with E-state index in [1.807, 2.05) is 6.92 Å². The number of aliphatic carboxylic acids is 1. The molecule has 10 atom stereocenters. The highest BCUT2D eigenvalue weighted by molar-refractivity contribution is 7.81. The molecular weight excluding hydrogens is 542 g/mol. The molecule has 0 amide bonds. The summed E-state index contributed by atoms with van der Waals surface area (Å²) >= 11 is 0. The Morgan fingerprint density at radius 3 is 2.05 bits per heavy atom. The van der Waals surface area contributed by atoms with Crippen molar-refractivity contribution < 1.29 is 63.2 Å². The molecule has 0 bridgehead atoms. The number of hydrogen-bond acceptors (Lipinski definition) is 15. The molecule has 2 saturated heterocycles. The molecule has 37 heavy (non-hydrogen) atoms. The van der Waals surface area contributed by atoms with Crippen LogP contribution in [-0.2, 0) is 52.9 Å². The molecule has 218 valence electrons. The minimum absolute atomic E-state index is 0.135. The number of carbonyl (C=O) groups excluding carboxylic acids is 1. The number of carbonyl (C=O) groups is 1. The van der Waals surface area contributed by atoms with Gasteiger partial charge in [0, 0.05) is 25.0 Å². The van der Waals surface area contributed by atoms with Crippen molar-refractivity contribution in [2.45, 2.75) is 63.8 Å². The van der Waals surface area contributed by atoms with Gasteiger partial charge in [-0.05, 0) is 18.3 Å². The van der Waals surface area contributed by atoms with Crippen LogP contribution in [0.15, 0.2) is 0 Å². The van der Waals surface area contributed by atoms with Gasteiger partial charge in [-0.2, -0.15) is 0 Å². The second-order valence-corrected chi connectivity index (χ2v) is 11.4. The van der Waals surface area contributed by atoms with Crippen molar-refractivity contribution in [3.05, 3.63) is 0 Å². The molecule has 0 aromatic rings. The lowest BCUT2D eigenvalue weighted by Gasteiger charge is -2.46. The molecule has 0 aromatic heterocycles. The molecule has 0 spiro atoms. The van der Waals surface area contributed by atoms with E-state index in [2.05, 4.69) is 4.18 Å². The Bertz CT molecular complexity index is 960. The van der Waals surface area contributed by atoms with Gasteiger partial charge in [-0.25, -0.2) is 16.8 Å². The van der Waals surface area contributed by atoms with Crippen molar-refractivity contribution in [2.75, 3.05) is 33.5 Å². The number of nitrogens with two attached hydrogens (primary N) is 1. The smallest absolute Gasteiger partial charge is 0.218 e. The fourth-order valence-electron chi connectivity index (χ4n) is 4.95. The number of ether oxygens (including phenoxy) is 4. The van der Waals surface area contributed by atoms with Crippen LogP contribution in [0, 0.1) is 23.7 Å². The summed E-state index contributed by atoms with van der Waals surface area (Å²) in [6.45, 7) is 3.85. The first-order valence-electron chi connectivity index (χ1n) is 11.7. The zero-order chi connectivity index (χ0) is 28.1. The maximum absolute atomic E-state index is 11.7. The molecule has 2 fully saturated rings. The van der Waals surface area contributed by atoms with E-state index in [0.717, 1.165) is 0 Å². The highest BCUT2D eigenvalue weighted by atomic mass is 32.3.